The van der Waals surface area contributed by atoms with Gasteiger partial charge in [-0.05, 0) is 37.3 Å². The maximum Gasteiger partial charge on any atom is 0.288 e. The monoisotopic (exact) mass is 297 g/mol. The molecule has 0 aliphatic carbocycles. The standard InChI is InChI=1S/C15H14F3NS/c1-10-2-7-14(16)11(8-10)9-19-12-3-5-13(6-4-12)20-15(17)18/h2-8,15,19H,9H2,1H3. The Labute approximate surface area is 120 Å². The van der Waals surface area contributed by atoms with E-state index in [2.05, 4.69) is 5.32 Å². The summed E-state index contributed by atoms with van der Waals surface area (Å²) in [5, 5.41) is 3.07. The van der Waals surface area contributed by atoms with Gasteiger partial charge in [0.25, 0.3) is 5.76 Å². The van der Waals surface area contributed by atoms with Gasteiger partial charge in [-0.15, -0.1) is 0 Å². The van der Waals surface area contributed by atoms with Crippen LogP contribution in [0.4, 0.5) is 18.9 Å². The molecule has 0 heterocycles. The second kappa shape index (κ2) is 6.70. The van der Waals surface area contributed by atoms with E-state index in [4.69, 9.17) is 0 Å². The SMILES string of the molecule is Cc1ccc(F)c(CNc2ccc(SC(F)F)cc2)c1. The van der Waals surface area contributed by atoms with Crippen LogP contribution in [0.2, 0.25) is 0 Å². The lowest BCUT2D eigenvalue weighted by Crippen LogP contribution is -2.02. The average molecular weight is 297 g/mol. The molecular formula is C15H14F3NS. The Hall–Kier alpha value is -1.62. The fraction of sp³-hybridized carbons (Fsp3) is 0.200. The van der Waals surface area contributed by atoms with Gasteiger partial charge in [-0.25, -0.2) is 4.39 Å². The summed E-state index contributed by atoms with van der Waals surface area (Å²) in [7, 11) is 0. The van der Waals surface area contributed by atoms with E-state index in [1.54, 1.807) is 36.4 Å². The molecule has 0 aliphatic rings. The lowest BCUT2D eigenvalue weighted by atomic mass is 10.1. The molecule has 2 rings (SSSR count). The maximum atomic E-state index is 13.6. The molecule has 2 aromatic carbocycles. The minimum absolute atomic E-state index is 0.257. The van der Waals surface area contributed by atoms with E-state index in [-0.39, 0.29) is 5.82 Å². The number of nitrogens with one attached hydrogen (secondary N) is 1. The van der Waals surface area contributed by atoms with Crippen LogP contribution in [0.25, 0.3) is 0 Å². The minimum atomic E-state index is -2.42. The normalized spacial score (nSPS) is 10.8. The van der Waals surface area contributed by atoms with Gasteiger partial charge in [0, 0.05) is 22.7 Å². The molecule has 1 nitrogen and oxygen atoms in total. The van der Waals surface area contributed by atoms with Crippen molar-refractivity contribution in [2.45, 2.75) is 24.1 Å². The van der Waals surface area contributed by atoms with Gasteiger partial charge in [-0.1, -0.05) is 29.5 Å². The zero-order valence-electron chi connectivity index (χ0n) is 10.9. The Morgan fingerprint density at radius 1 is 1.10 bits per heavy atom. The Bertz CT molecular complexity index is 570. The molecule has 0 spiro atoms. The van der Waals surface area contributed by atoms with E-state index >= 15 is 0 Å². The molecule has 0 aromatic heterocycles. The molecule has 2 aromatic rings. The first kappa shape index (κ1) is 14.8. The summed E-state index contributed by atoms with van der Waals surface area (Å²) in [6.07, 6.45) is 0. The number of hydrogen-bond acceptors (Lipinski definition) is 2. The van der Waals surface area contributed by atoms with Crippen LogP contribution in [0.15, 0.2) is 47.4 Å². The maximum absolute atomic E-state index is 13.6. The van der Waals surface area contributed by atoms with Crippen LogP contribution in [0.1, 0.15) is 11.1 Å². The zero-order valence-corrected chi connectivity index (χ0v) is 11.7. The third-order valence-corrected chi connectivity index (χ3v) is 3.49. The highest BCUT2D eigenvalue weighted by atomic mass is 32.2. The molecule has 0 saturated heterocycles. The summed E-state index contributed by atoms with van der Waals surface area (Å²) in [6, 6.07) is 11.6. The molecular weight excluding hydrogens is 283 g/mol. The average Bonchev–Trinajstić information content (AvgIpc) is 2.41. The lowest BCUT2D eigenvalue weighted by molar-refractivity contribution is 0.252. The number of benzene rings is 2. The van der Waals surface area contributed by atoms with Crippen molar-refractivity contribution in [2.75, 3.05) is 5.32 Å². The summed E-state index contributed by atoms with van der Waals surface area (Å²) in [6.45, 7) is 2.26. The van der Waals surface area contributed by atoms with E-state index in [9.17, 15) is 13.2 Å². The second-order valence-corrected chi connectivity index (χ2v) is 5.41. The second-order valence-electron chi connectivity index (χ2n) is 4.35. The fourth-order valence-electron chi connectivity index (χ4n) is 1.79. The molecule has 0 aliphatic heterocycles. The highest BCUT2D eigenvalue weighted by Gasteiger charge is 2.05. The molecule has 106 valence electrons. The van der Waals surface area contributed by atoms with Gasteiger partial charge in [0.15, 0.2) is 0 Å². The number of halogens is 3. The Balaban J connectivity index is 1.98. The number of thioether (sulfide) groups is 1. The van der Waals surface area contributed by atoms with Crippen molar-refractivity contribution in [3.05, 3.63) is 59.4 Å². The third-order valence-electron chi connectivity index (χ3n) is 2.76. The van der Waals surface area contributed by atoms with Gasteiger partial charge < -0.3 is 5.32 Å². The summed E-state index contributed by atoms with van der Waals surface area (Å²) >= 11 is 0.505. The highest BCUT2D eigenvalue weighted by Crippen LogP contribution is 2.26. The first-order chi connectivity index (χ1) is 9.54. The van der Waals surface area contributed by atoms with Crippen molar-refractivity contribution >= 4 is 17.4 Å². The fourth-order valence-corrected chi connectivity index (χ4v) is 2.29. The van der Waals surface area contributed by atoms with Crippen LogP contribution < -0.4 is 5.32 Å². The topological polar surface area (TPSA) is 12.0 Å². The van der Waals surface area contributed by atoms with Gasteiger partial charge in [-0.2, -0.15) is 8.78 Å². The molecule has 0 saturated carbocycles. The largest absolute Gasteiger partial charge is 0.381 e. The molecule has 0 fully saturated rings. The van der Waals surface area contributed by atoms with Crippen LogP contribution >= 0.6 is 11.8 Å². The first-order valence-electron chi connectivity index (χ1n) is 6.08. The molecule has 5 heteroatoms. The molecule has 20 heavy (non-hydrogen) atoms. The van der Waals surface area contributed by atoms with Crippen LogP contribution in [-0.2, 0) is 6.54 Å². The summed E-state index contributed by atoms with van der Waals surface area (Å²) in [4.78, 5) is 0.507. The molecule has 0 atom stereocenters. The first-order valence-corrected chi connectivity index (χ1v) is 6.96. The van der Waals surface area contributed by atoms with E-state index in [0.717, 1.165) is 11.3 Å². The third kappa shape index (κ3) is 4.20. The minimum Gasteiger partial charge on any atom is -0.381 e. The van der Waals surface area contributed by atoms with E-state index in [0.29, 0.717) is 28.8 Å². The van der Waals surface area contributed by atoms with Crippen molar-refractivity contribution in [2.24, 2.45) is 0 Å². The predicted molar refractivity (Wildman–Crippen MR) is 76.8 cm³/mol. The quantitative estimate of drug-likeness (QED) is 0.774. The van der Waals surface area contributed by atoms with Crippen molar-refractivity contribution in [3.63, 3.8) is 0 Å². The smallest absolute Gasteiger partial charge is 0.288 e. The molecule has 0 radical (unpaired) electrons. The Morgan fingerprint density at radius 2 is 1.80 bits per heavy atom. The molecule has 0 unspecified atom stereocenters. The number of aryl methyl sites for hydroxylation is 1. The molecule has 1 N–H and O–H groups in total. The lowest BCUT2D eigenvalue weighted by Gasteiger charge is -2.09. The van der Waals surface area contributed by atoms with E-state index in [1.807, 2.05) is 6.92 Å². The van der Waals surface area contributed by atoms with E-state index in [1.165, 1.54) is 6.07 Å². The number of alkyl halides is 2. The van der Waals surface area contributed by atoms with Crippen molar-refractivity contribution < 1.29 is 13.2 Å². The Kier molecular flexibility index (Phi) is 4.95. The van der Waals surface area contributed by atoms with Crippen molar-refractivity contribution in [1.29, 1.82) is 0 Å². The number of rotatable bonds is 5. The zero-order chi connectivity index (χ0) is 14.5. The van der Waals surface area contributed by atoms with Gasteiger partial charge in [0.1, 0.15) is 5.82 Å². The van der Waals surface area contributed by atoms with Gasteiger partial charge in [0.2, 0.25) is 0 Å². The summed E-state index contributed by atoms with van der Waals surface area (Å²) in [5.41, 5.74) is 2.34. The number of anilines is 1. The summed E-state index contributed by atoms with van der Waals surface area (Å²) < 4.78 is 37.9. The van der Waals surface area contributed by atoms with Crippen molar-refractivity contribution in [1.82, 2.24) is 0 Å². The van der Waals surface area contributed by atoms with Crippen LogP contribution in [-0.4, -0.2) is 5.76 Å². The Morgan fingerprint density at radius 3 is 2.45 bits per heavy atom. The van der Waals surface area contributed by atoms with Gasteiger partial charge in [-0.3, -0.25) is 0 Å². The van der Waals surface area contributed by atoms with E-state index < -0.39 is 5.76 Å². The van der Waals surface area contributed by atoms with Crippen LogP contribution in [0, 0.1) is 12.7 Å². The van der Waals surface area contributed by atoms with Crippen molar-refractivity contribution in [3.8, 4) is 0 Å². The van der Waals surface area contributed by atoms with Crippen LogP contribution in [0.3, 0.4) is 0 Å². The predicted octanol–water partition coefficient (Wildman–Crippen LogP) is 5.06. The van der Waals surface area contributed by atoms with Gasteiger partial charge >= 0.3 is 0 Å². The summed E-state index contributed by atoms with van der Waals surface area (Å²) in [5.74, 6) is -2.68. The number of hydrogen-bond donors (Lipinski definition) is 1. The highest BCUT2D eigenvalue weighted by molar-refractivity contribution is 7.99. The van der Waals surface area contributed by atoms with Gasteiger partial charge in [0.05, 0.1) is 0 Å². The molecule has 0 amide bonds. The molecule has 0 bridgehead atoms. The van der Waals surface area contributed by atoms with Crippen LogP contribution in [0.5, 0.6) is 0 Å².